The summed E-state index contributed by atoms with van der Waals surface area (Å²) < 4.78 is 15.4. The van der Waals surface area contributed by atoms with Crippen LogP contribution in [0.15, 0.2) is 54.7 Å². The highest BCUT2D eigenvalue weighted by molar-refractivity contribution is 7.80. The van der Waals surface area contributed by atoms with Crippen molar-refractivity contribution in [3.05, 3.63) is 83.2 Å². The molecule has 4 rings (SSSR count). The molecule has 0 spiro atoms. The van der Waals surface area contributed by atoms with Crippen molar-refractivity contribution in [1.82, 2.24) is 19.8 Å². The number of nitrogens with zero attached hydrogens (tertiary/aromatic N) is 3. The van der Waals surface area contributed by atoms with Gasteiger partial charge in [-0.25, -0.2) is 4.39 Å². The van der Waals surface area contributed by atoms with E-state index in [9.17, 15) is 9.18 Å². The zero-order valence-electron chi connectivity index (χ0n) is 19.0. The van der Waals surface area contributed by atoms with E-state index in [4.69, 9.17) is 12.2 Å². The normalized spacial score (nSPS) is 17.8. The van der Waals surface area contributed by atoms with Gasteiger partial charge in [-0.05, 0) is 81.0 Å². The number of amides is 1. The molecule has 8 heteroatoms. The zero-order chi connectivity index (χ0) is 23.5. The first kappa shape index (κ1) is 22.9. The number of carbonyl (C=O) groups is 1. The molecule has 3 aromatic rings. The van der Waals surface area contributed by atoms with E-state index in [0.29, 0.717) is 17.3 Å². The number of aromatic nitrogens is 2. The lowest BCUT2D eigenvalue weighted by Gasteiger charge is -2.28. The van der Waals surface area contributed by atoms with Gasteiger partial charge in [-0.3, -0.25) is 9.78 Å². The van der Waals surface area contributed by atoms with Gasteiger partial charge < -0.3 is 20.1 Å². The van der Waals surface area contributed by atoms with Crippen LogP contribution in [0.1, 0.15) is 48.1 Å². The summed E-state index contributed by atoms with van der Waals surface area (Å²) in [7, 11) is 0. The van der Waals surface area contributed by atoms with Gasteiger partial charge in [0.15, 0.2) is 5.11 Å². The van der Waals surface area contributed by atoms with E-state index in [1.165, 1.54) is 29.1 Å². The Hall–Kier alpha value is -3.26. The largest absolute Gasteiger partial charge is 0.352 e. The molecule has 1 aromatic carbocycles. The van der Waals surface area contributed by atoms with Crippen LogP contribution in [0.4, 0.5) is 10.1 Å². The molecule has 1 fully saturated rings. The zero-order valence-corrected chi connectivity index (χ0v) is 19.8. The molecule has 2 atom stereocenters. The topological polar surface area (TPSA) is 62.2 Å². The first-order valence-corrected chi connectivity index (χ1v) is 11.5. The quantitative estimate of drug-likeness (QED) is 0.497. The number of thiocarbonyl (C=S) groups is 1. The average molecular weight is 466 g/mol. The second-order valence-electron chi connectivity index (χ2n) is 8.20. The van der Waals surface area contributed by atoms with Crippen LogP contribution in [0.2, 0.25) is 0 Å². The Morgan fingerprint density at radius 2 is 1.97 bits per heavy atom. The molecular formula is C25H28FN5OS. The number of rotatable bonds is 7. The summed E-state index contributed by atoms with van der Waals surface area (Å²) in [6, 6.07) is 13.6. The molecule has 1 aliphatic rings. The Morgan fingerprint density at radius 3 is 2.61 bits per heavy atom. The van der Waals surface area contributed by atoms with Crippen molar-refractivity contribution in [2.45, 2.75) is 45.8 Å². The van der Waals surface area contributed by atoms with Gasteiger partial charge in [0.1, 0.15) is 5.82 Å². The Balaban J connectivity index is 1.59. The van der Waals surface area contributed by atoms with Crippen LogP contribution in [0.25, 0.3) is 0 Å². The Bertz CT molecular complexity index is 1150. The average Bonchev–Trinajstić information content (AvgIpc) is 3.29. The number of pyridine rings is 1. The summed E-state index contributed by atoms with van der Waals surface area (Å²) in [5.41, 5.74) is 5.03. The second kappa shape index (κ2) is 9.70. The van der Waals surface area contributed by atoms with Crippen molar-refractivity contribution in [1.29, 1.82) is 0 Å². The van der Waals surface area contributed by atoms with E-state index in [1.54, 1.807) is 18.3 Å². The maximum Gasteiger partial charge on any atom is 0.226 e. The molecule has 0 bridgehead atoms. The van der Waals surface area contributed by atoms with Gasteiger partial charge in [-0.1, -0.05) is 6.07 Å². The second-order valence-corrected chi connectivity index (χ2v) is 8.58. The minimum atomic E-state index is -0.338. The number of anilines is 1. The Morgan fingerprint density at radius 1 is 1.21 bits per heavy atom. The molecular weight excluding hydrogens is 437 g/mol. The van der Waals surface area contributed by atoms with Crippen molar-refractivity contribution in [3.63, 3.8) is 0 Å². The van der Waals surface area contributed by atoms with Crippen molar-refractivity contribution >= 4 is 28.9 Å². The van der Waals surface area contributed by atoms with Gasteiger partial charge in [0.25, 0.3) is 0 Å². The summed E-state index contributed by atoms with van der Waals surface area (Å²) in [6.45, 7) is 7.70. The van der Waals surface area contributed by atoms with Crippen molar-refractivity contribution < 1.29 is 9.18 Å². The van der Waals surface area contributed by atoms with Crippen LogP contribution in [0.5, 0.6) is 0 Å². The molecule has 6 nitrogen and oxygen atoms in total. The highest BCUT2D eigenvalue weighted by Gasteiger charge is 2.41. The lowest BCUT2D eigenvalue weighted by Crippen LogP contribution is -2.32. The highest BCUT2D eigenvalue weighted by Crippen LogP contribution is 2.40. The predicted molar refractivity (Wildman–Crippen MR) is 131 cm³/mol. The van der Waals surface area contributed by atoms with E-state index < -0.39 is 0 Å². The summed E-state index contributed by atoms with van der Waals surface area (Å²) in [5.74, 6) is -0.488. The van der Waals surface area contributed by atoms with Crippen molar-refractivity contribution in [3.8, 4) is 0 Å². The summed E-state index contributed by atoms with van der Waals surface area (Å²) in [5, 5.41) is 6.86. The monoisotopic (exact) mass is 465 g/mol. The van der Waals surface area contributed by atoms with Gasteiger partial charge in [0.05, 0.1) is 17.8 Å². The SMILES string of the molecule is CCn1c(C)cc([C@H]2[C@H](c3ccccn3)NC(=S)N2CCC(=O)Nc2ccc(F)cc2)c1C. The number of hydrogen-bond acceptors (Lipinski definition) is 3. The minimum absolute atomic E-state index is 0.0856. The first-order chi connectivity index (χ1) is 15.9. The number of hydrogen-bond donors (Lipinski definition) is 2. The van der Waals surface area contributed by atoms with E-state index in [-0.39, 0.29) is 30.2 Å². The maximum atomic E-state index is 13.1. The van der Waals surface area contributed by atoms with Crippen LogP contribution < -0.4 is 10.6 Å². The summed E-state index contributed by atoms with van der Waals surface area (Å²) >= 11 is 5.71. The molecule has 1 aliphatic heterocycles. The van der Waals surface area contributed by atoms with E-state index in [0.717, 1.165) is 12.2 Å². The van der Waals surface area contributed by atoms with Gasteiger partial charge in [-0.15, -0.1) is 0 Å². The smallest absolute Gasteiger partial charge is 0.226 e. The van der Waals surface area contributed by atoms with Crippen LogP contribution in [0, 0.1) is 19.7 Å². The Kier molecular flexibility index (Phi) is 6.74. The lowest BCUT2D eigenvalue weighted by atomic mass is 9.96. The number of nitrogens with one attached hydrogen (secondary N) is 2. The van der Waals surface area contributed by atoms with Gasteiger partial charge >= 0.3 is 0 Å². The molecule has 3 heterocycles. The van der Waals surface area contributed by atoms with E-state index >= 15 is 0 Å². The molecule has 0 unspecified atom stereocenters. The van der Waals surface area contributed by atoms with Gasteiger partial charge in [-0.2, -0.15) is 0 Å². The number of carbonyl (C=O) groups excluding carboxylic acids is 1. The van der Waals surface area contributed by atoms with Crippen LogP contribution in [-0.4, -0.2) is 32.0 Å². The third-order valence-corrected chi connectivity index (χ3v) is 6.51. The third kappa shape index (κ3) is 4.75. The molecule has 0 aliphatic carbocycles. The highest BCUT2D eigenvalue weighted by atomic mass is 32.1. The fraction of sp³-hybridized carbons (Fsp3) is 0.320. The van der Waals surface area contributed by atoms with Crippen LogP contribution in [-0.2, 0) is 11.3 Å². The predicted octanol–water partition coefficient (Wildman–Crippen LogP) is 4.66. The van der Waals surface area contributed by atoms with Crippen molar-refractivity contribution in [2.24, 2.45) is 0 Å². The molecule has 172 valence electrons. The van der Waals surface area contributed by atoms with Crippen LogP contribution in [0.3, 0.4) is 0 Å². The van der Waals surface area contributed by atoms with E-state index in [1.807, 2.05) is 18.2 Å². The number of halogens is 1. The first-order valence-electron chi connectivity index (χ1n) is 11.1. The fourth-order valence-corrected chi connectivity index (χ4v) is 4.91. The molecule has 2 N–H and O–H groups in total. The van der Waals surface area contributed by atoms with Crippen molar-refractivity contribution in [2.75, 3.05) is 11.9 Å². The summed E-state index contributed by atoms with van der Waals surface area (Å²) in [4.78, 5) is 19.3. The van der Waals surface area contributed by atoms with E-state index in [2.05, 4.69) is 51.9 Å². The molecule has 0 radical (unpaired) electrons. The maximum absolute atomic E-state index is 13.1. The summed E-state index contributed by atoms with van der Waals surface area (Å²) in [6.07, 6.45) is 2.03. The molecule has 1 saturated heterocycles. The third-order valence-electron chi connectivity index (χ3n) is 6.15. The minimum Gasteiger partial charge on any atom is -0.352 e. The van der Waals surface area contributed by atoms with Gasteiger partial charge in [0, 0.05) is 42.8 Å². The lowest BCUT2D eigenvalue weighted by molar-refractivity contribution is -0.116. The van der Waals surface area contributed by atoms with Gasteiger partial charge in [0.2, 0.25) is 5.91 Å². The molecule has 2 aromatic heterocycles. The number of benzene rings is 1. The molecule has 33 heavy (non-hydrogen) atoms. The number of aryl methyl sites for hydroxylation is 1. The standard InChI is InChI=1S/C25H28FN5OS/c1-4-30-16(2)15-20(17(30)3)24-23(21-7-5-6-13-27-21)29-25(33)31(24)14-12-22(32)28-19-10-8-18(26)9-11-19/h5-11,13,15,23-24H,4,12,14H2,1-3H3,(H,28,32)(H,29,33)/t23-,24-/m0/s1. The molecule has 1 amide bonds. The fourth-order valence-electron chi connectivity index (χ4n) is 4.58. The molecule has 0 saturated carbocycles. The Labute approximate surface area is 198 Å². The van der Waals surface area contributed by atoms with Crippen LogP contribution >= 0.6 is 12.2 Å².